The maximum atomic E-state index is 14.0. The molecule has 0 aliphatic carbocycles. The van der Waals surface area contributed by atoms with E-state index < -0.39 is 17.5 Å². The van der Waals surface area contributed by atoms with Crippen LogP contribution in [0.5, 0.6) is 0 Å². The van der Waals surface area contributed by atoms with Crippen LogP contribution in [0.2, 0.25) is 0 Å². The number of aromatic nitrogens is 1. The number of carbonyl (C=O) groups excluding carboxylic acids is 3. The minimum absolute atomic E-state index is 0.162. The molecule has 0 radical (unpaired) electrons. The summed E-state index contributed by atoms with van der Waals surface area (Å²) in [7, 11) is 1.70. The van der Waals surface area contributed by atoms with Crippen molar-refractivity contribution in [1.29, 1.82) is 0 Å². The van der Waals surface area contributed by atoms with Gasteiger partial charge < -0.3 is 25.0 Å². The lowest BCUT2D eigenvalue weighted by Gasteiger charge is -2.37. The molecule has 2 heterocycles. The zero-order valence-corrected chi connectivity index (χ0v) is 25.6. The Morgan fingerprint density at radius 3 is 2.47 bits per heavy atom. The second kappa shape index (κ2) is 13.9. The topological polar surface area (TPSA) is 108 Å². The molecule has 3 amide bonds. The van der Waals surface area contributed by atoms with Crippen LogP contribution in [0, 0.1) is 11.2 Å². The molecule has 2 N–H and O–H groups in total. The van der Waals surface area contributed by atoms with Crippen LogP contribution in [0.3, 0.4) is 0 Å². The van der Waals surface area contributed by atoms with Crippen molar-refractivity contribution in [2.45, 2.75) is 65.1 Å². The fraction of sp³-hybridized carbons (Fsp3) is 0.455. The van der Waals surface area contributed by atoms with E-state index in [9.17, 15) is 18.8 Å². The highest BCUT2D eigenvalue weighted by molar-refractivity contribution is 5.93. The number of nitrogens with one attached hydrogen (secondary N) is 2. The number of nitrogens with zero attached hydrogens (tertiary/aromatic N) is 3. The number of carbonyl (C=O) groups is 3. The van der Waals surface area contributed by atoms with E-state index in [1.54, 1.807) is 42.0 Å². The first-order valence-electron chi connectivity index (χ1n) is 14.8. The number of rotatable bonds is 11. The van der Waals surface area contributed by atoms with Gasteiger partial charge in [0.25, 0.3) is 5.91 Å². The van der Waals surface area contributed by atoms with Crippen LogP contribution in [0.1, 0.15) is 56.6 Å². The predicted octanol–water partition coefficient (Wildman–Crippen LogP) is 4.30. The van der Waals surface area contributed by atoms with E-state index in [0.717, 1.165) is 24.0 Å². The first-order chi connectivity index (χ1) is 20.5. The molecular formula is C33H42FN5O4. The smallest absolute Gasteiger partial charge is 0.276 e. The van der Waals surface area contributed by atoms with Gasteiger partial charge >= 0.3 is 0 Å². The Labute approximate surface area is 252 Å². The lowest BCUT2D eigenvalue weighted by molar-refractivity contribution is -0.140. The van der Waals surface area contributed by atoms with Crippen molar-refractivity contribution in [1.82, 2.24) is 25.6 Å². The van der Waals surface area contributed by atoms with Gasteiger partial charge in [-0.15, -0.1) is 0 Å². The summed E-state index contributed by atoms with van der Waals surface area (Å²) in [6.45, 7) is 8.70. The molecular weight excluding hydrogens is 549 g/mol. The van der Waals surface area contributed by atoms with Gasteiger partial charge in [0.05, 0.1) is 6.04 Å². The van der Waals surface area contributed by atoms with E-state index in [1.165, 1.54) is 12.1 Å². The zero-order valence-electron chi connectivity index (χ0n) is 25.6. The first-order valence-corrected chi connectivity index (χ1v) is 14.8. The van der Waals surface area contributed by atoms with Gasteiger partial charge in [-0.2, -0.15) is 0 Å². The quantitative estimate of drug-likeness (QED) is 0.345. The number of amides is 3. The Hall–Kier alpha value is -4.05. The second-order valence-corrected chi connectivity index (χ2v) is 12.2. The van der Waals surface area contributed by atoms with E-state index in [2.05, 4.69) is 15.8 Å². The fourth-order valence-electron chi connectivity index (χ4n) is 5.25. The molecule has 3 aromatic rings. The summed E-state index contributed by atoms with van der Waals surface area (Å²) in [6.07, 6.45) is 2.01. The highest BCUT2D eigenvalue weighted by Gasteiger charge is 2.41. The lowest BCUT2D eigenvalue weighted by atomic mass is 9.85. The molecule has 0 bridgehead atoms. The van der Waals surface area contributed by atoms with Crippen molar-refractivity contribution < 1.29 is 23.3 Å². The van der Waals surface area contributed by atoms with Gasteiger partial charge in [0.1, 0.15) is 11.9 Å². The molecule has 1 fully saturated rings. The average molecular weight is 592 g/mol. The number of halogens is 1. The van der Waals surface area contributed by atoms with Crippen LogP contribution in [0.25, 0.3) is 11.3 Å². The Balaban J connectivity index is 1.56. The van der Waals surface area contributed by atoms with Crippen molar-refractivity contribution in [3.8, 4) is 11.3 Å². The van der Waals surface area contributed by atoms with Gasteiger partial charge in [0.2, 0.25) is 11.8 Å². The number of likely N-dealkylation sites (N-methyl/N-ethyl adjacent to an activating group) is 1. The first kappa shape index (κ1) is 31.9. The van der Waals surface area contributed by atoms with Crippen LogP contribution in [0.15, 0.2) is 65.2 Å². The SMILES string of the molecule is CN[C@@H](C)C(=O)N[C@H](C(=O)N1CCC[C@H]1CN(CCc1ccc(F)cc1)C(=O)c1cc(-c2ccccc2)on1)C(C)(C)C. The Kier molecular flexibility index (Phi) is 10.3. The van der Waals surface area contributed by atoms with Crippen LogP contribution >= 0.6 is 0 Å². The Bertz CT molecular complexity index is 1390. The van der Waals surface area contributed by atoms with Crippen molar-refractivity contribution >= 4 is 17.7 Å². The maximum Gasteiger partial charge on any atom is 0.276 e. The van der Waals surface area contributed by atoms with Crippen LogP contribution in [-0.4, -0.2) is 77.5 Å². The fourth-order valence-corrected chi connectivity index (χ4v) is 5.25. The summed E-state index contributed by atoms with van der Waals surface area (Å²) in [5, 5.41) is 9.95. The Morgan fingerprint density at radius 1 is 1.12 bits per heavy atom. The molecule has 230 valence electrons. The van der Waals surface area contributed by atoms with Crippen molar-refractivity contribution in [2.24, 2.45) is 5.41 Å². The molecule has 0 spiro atoms. The molecule has 1 aromatic heterocycles. The molecule has 1 aliphatic rings. The third-order valence-corrected chi connectivity index (χ3v) is 7.98. The molecule has 4 rings (SSSR count). The van der Waals surface area contributed by atoms with Crippen molar-refractivity contribution in [3.63, 3.8) is 0 Å². The van der Waals surface area contributed by atoms with Gasteiger partial charge in [-0.25, -0.2) is 4.39 Å². The van der Waals surface area contributed by atoms with E-state index in [-0.39, 0.29) is 41.8 Å². The number of benzene rings is 2. The van der Waals surface area contributed by atoms with Crippen LogP contribution < -0.4 is 10.6 Å². The molecule has 43 heavy (non-hydrogen) atoms. The standard InChI is InChI=1S/C33H42FN5O4/c1-22(35-5)30(40)36-29(33(2,3)4)32(42)39-18-9-12-26(39)21-38(19-17-23-13-15-25(34)16-14-23)31(41)27-20-28(43-37-27)24-10-7-6-8-11-24/h6-8,10-11,13-16,20,22,26,29,35H,9,12,17-19,21H2,1-5H3,(H,36,40)/t22-,26-,29+/m0/s1. The number of likely N-dealkylation sites (tertiary alicyclic amines) is 1. The monoisotopic (exact) mass is 591 g/mol. The largest absolute Gasteiger partial charge is 0.355 e. The predicted molar refractivity (Wildman–Crippen MR) is 163 cm³/mol. The number of hydrogen-bond donors (Lipinski definition) is 2. The molecule has 2 aromatic carbocycles. The molecule has 10 heteroatoms. The maximum absolute atomic E-state index is 14.0. The van der Waals surface area contributed by atoms with Crippen molar-refractivity contribution in [2.75, 3.05) is 26.7 Å². The zero-order chi connectivity index (χ0) is 31.1. The third kappa shape index (κ3) is 8.07. The van der Waals surface area contributed by atoms with Crippen LogP contribution in [-0.2, 0) is 16.0 Å². The minimum Gasteiger partial charge on any atom is -0.355 e. The lowest BCUT2D eigenvalue weighted by Crippen LogP contribution is -2.59. The highest BCUT2D eigenvalue weighted by atomic mass is 19.1. The number of hydrogen-bond acceptors (Lipinski definition) is 6. The van der Waals surface area contributed by atoms with Gasteiger partial charge in [-0.1, -0.05) is 68.4 Å². The minimum atomic E-state index is -0.733. The van der Waals surface area contributed by atoms with Gasteiger partial charge in [0, 0.05) is 37.3 Å². The summed E-state index contributed by atoms with van der Waals surface area (Å²) < 4.78 is 19.0. The van der Waals surface area contributed by atoms with E-state index in [1.807, 2.05) is 51.1 Å². The average Bonchev–Trinajstić information content (AvgIpc) is 3.68. The van der Waals surface area contributed by atoms with Gasteiger partial charge in [-0.05, 0) is 56.3 Å². The van der Waals surface area contributed by atoms with Crippen molar-refractivity contribution in [3.05, 3.63) is 77.7 Å². The summed E-state index contributed by atoms with van der Waals surface area (Å²) in [4.78, 5) is 44.1. The molecule has 9 nitrogen and oxygen atoms in total. The second-order valence-electron chi connectivity index (χ2n) is 12.2. The van der Waals surface area contributed by atoms with E-state index in [4.69, 9.17) is 4.52 Å². The van der Waals surface area contributed by atoms with Gasteiger partial charge in [0.15, 0.2) is 11.5 Å². The molecule has 3 atom stereocenters. The summed E-state index contributed by atoms with van der Waals surface area (Å²) in [6, 6.07) is 15.8. The highest BCUT2D eigenvalue weighted by Crippen LogP contribution is 2.27. The van der Waals surface area contributed by atoms with Gasteiger partial charge in [-0.3, -0.25) is 14.4 Å². The van der Waals surface area contributed by atoms with E-state index in [0.29, 0.717) is 25.3 Å². The summed E-state index contributed by atoms with van der Waals surface area (Å²) >= 11 is 0. The molecule has 0 unspecified atom stereocenters. The molecule has 0 saturated carbocycles. The van der Waals surface area contributed by atoms with E-state index >= 15 is 0 Å². The third-order valence-electron chi connectivity index (χ3n) is 7.98. The normalized spacial score (nSPS) is 16.5. The molecule has 1 saturated heterocycles. The molecule has 1 aliphatic heterocycles. The summed E-state index contributed by atoms with van der Waals surface area (Å²) in [5.41, 5.74) is 1.34. The Morgan fingerprint density at radius 2 is 1.81 bits per heavy atom. The summed E-state index contributed by atoms with van der Waals surface area (Å²) in [5.74, 6) is -0.554. The van der Waals surface area contributed by atoms with Crippen LogP contribution in [0.4, 0.5) is 4.39 Å².